The van der Waals surface area contributed by atoms with Crippen molar-refractivity contribution in [2.75, 3.05) is 13.7 Å². The number of hydrogen-bond donors (Lipinski definition) is 1. The van der Waals surface area contributed by atoms with Crippen molar-refractivity contribution in [3.63, 3.8) is 0 Å². The van der Waals surface area contributed by atoms with Crippen LogP contribution in [-0.2, 0) is 6.54 Å². The van der Waals surface area contributed by atoms with Crippen LogP contribution in [0.4, 0.5) is 0 Å². The van der Waals surface area contributed by atoms with Crippen LogP contribution in [-0.4, -0.2) is 45.4 Å². The van der Waals surface area contributed by atoms with Crippen molar-refractivity contribution < 1.29 is 9.84 Å². The van der Waals surface area contributed by atoms with Crippen molar-refractivity contribution >= 4 is 0 Å². The van der Waals surface area contributed by atoms with E-state index in [0.29, 0.717) is 24.6 Å². The third kappa shape index (κ3) is 2.82. The summed E-state index contributed by atoms with van der Waals surface area (Å²) in [5, 5.41) is 9.49. The quantitative estimate of drug-likeness (QED) is 0.917. The van der Waals surface area contributed by atoms with E-state index in [1.165, 1.54) is 12.8 Å². The Morgan fingerprint density at radius 3 is 2.50 bits per heavy atom. The minimum atomic E-state index is 0.335. The van der Waals surface area contributed by atoms with Crippen LogP contribution in [0.5, 0.6) is 5.75 Å². The van der Waals surface area contributed by atoms with Gasteiger partial charge in [-0.05, 0) is 55.9 Å². The number of hydrogen-bond acceptors (Lipinski definition) is 4. The average molecular weight is 327 g/mol. The third-order valence-corrected chi connectivity index (χ3v) is 5.63. The van der Waals surface area contributed by atoms with Crippen LogP contribution in [0.3, 0.4) is 0 Å². The van der Waals surface area contributed by atoms with Crippen molar-refractivity contribution in [2.45, 2.75) is 44.3 Å². The van der Waals surface area contributed by atoms with Gasteiger partial charge in [0.15, 0.2) is 0 Å². The van der Waals surface area contributed by atoms with Gasteiger partial charge < -0.3 is 14.4 Å². The number of aromatic nitrogens is 2. The van der Waals surface area contributed by atoms with Crippen LogP contribution in [0, 0.1) is 5.92 Å². The van der Waals surface area contributed by atoms with Gasteiger partial charge >= 0.3 is 0 Å². The molecule has 0 saturated carbocycles. The Kier molecular flexibility index (Phi) is 4.29. The molecule has 1 aromatic heterocycles. The molecule has 1 unspecified atom stereocenters. The second-order valence-electron chi connectivity index (χ2n) is 6.99. The number of benzene rings is 1. The number of methoxy groups -OCH3 is 1. The molecule has 4 rings (SSSR count). The standard InChI is InChI=1S/C19H25N3O2/c1-24-18-6-4-15(5-7-18)21-9-8-20-19(21)12-22-16-2-3-17(22)11-14(10-16)13-23/h4-9,14,16-17,23H,2-3,10-13H2,1H3/t14?,16-,17+. The molecule has 0 spiro atoms. The maximum absolute atomic E-state index is 9.49. The Morgan fingerprint density at radius 1 is 1.17 bits per heavy atom. The Morgan fingerprint density at radius 2 is 1.88 bits per heavy atom. The number of aliphatic hydroxyl groups is 1. The summed E-state index contributed by atoms with van der Waals surface area (Å²) in [4.78, 5) is 7.21. The predicted molar refractivity (Wildman–Crippen MR) is 92.3 cm³/mol. The second-order valence-corrected chi connectivity index (χ2v) is 6.99. The minimum Gasteiger partial charge on any atom is -0.497 e. The smallest absolute Gasteiger partial charge is 0.127 e. The zero-order valence-corrected chi connectivity index (χ0v) is 14.1. The molecular weight excluding hydrogens is 302 g/mol. The highest BCUT2D eigenvalue weighted by atomic mass is 16.5. The van der Waals surface area contributed by atoms with Crippen molar-refractivity contribution in [1.29, 1.82) is 0 Å². The topological polar surface area (TPSA) is 50.5 Å². The van der Waals surface area contributed by atoms with Gasteiger partial charge in [0.1, 0.15) is 11.6 Å². The minimum absolute atomic E-state index is 0.335. The van der Waals surface area contributed by atoms with Gasteiger partial charge in [-0.2, -0.15) is 0 Å². The van der Waals surface area contributed by atoms with Crippen LogP contribution < -0.4 is 4.74 Å². The fourth-order valence-corrected chi connectivity index (χ4v) is 4.39. The fraction of sp³-hybridized carbons (Fsp3) is 0.526. The van der Waals surface area contributed by atoms with Gasteiger partial charge in [-0.1, -0.05) is 0 Å². The number of rotatable bonds is 5. The molecule has 3 heterocycles. The van der Waals surface area contributed by atoms with Gasteiger partial charge in [0.05, 0.1) is 13.7 Å². The van der Waals surface area contributed by atoms with Crippen molar-refractivity contribution in [3.05, 3.63) is 42.5 Å². The summed E-state index contributed by atoms with van der Waals surface area (Å²) < 4.78 is 7.41. The first kappa shape index (κ1) is 15.7. The number of piperidine rings is 1. The Hall–Kier alpha value is -1.85. The molecule has 2 bridgehead atoms. The lowest BCUT2D eigenvalue weighted by Crippen LogP contribution is -2.43. The number of ether oxygens (including phenoxy) is 1. The monoisotopic (exact) mass is 327 g/mol. The normalized spacial score (nSPS) is 26.7. The molecule has 2 fully saturated rings. The zero-order chi connectivity index (χ0) is 16.5. The zero-order valence-electron chi connectivity index (χ0n) is 14.1. The predicted octanol–water partition coefficient (Wildman–Crippen LogP) is 2.62. The summed E-state index contributed by atoms with van der Waals surface area (Å²) in [6, 6.07) is 9.29. The molecule has 1 N–H and O–H groups in total. The van der Waals surface area contributed by atoms with Crippen LogP contribution in [0.25, 0.3) is 5.69 Å². The van der Waals surface area contributed by atoms with E-state index in [0.717, 1.165) is 36.6 Å². The van der Waals surface area contributed by atoms with E-state index < -0.39 is 0 Å². The van der Waals surface area contributed by atoms with E-state index in [9.17, 15) is 5.11 Å². The molecular formula is C19H25N3O2. The highest BCUT2D eigenvalue weighted by molar-refractivity contribution is 5.38. The van der Waals surface area contributed by atoms with E-state index in [1.807, 2.05) is 24.5 Å². The Balaban J connectivity index is 1.53. The van der Waals surface area contributed by atoms with Crippen molar-refractivity contribution in [2.24, 2.45) is 5.92 Å². The molecule has 0 aliphatic carbocycles. The number of imidazole rings is 1. The molecule has 3 atom stereocenters. The molecule has 5 heteroatoms. The molecule has 24 heavy (non-hydrogen) atoms. The summed E-state index contributed by atoms with van der Waals surface area (Å²) in [6.45, 7) is 1.22. The van der Waals surface area contributed by atoms with E-state index in [1.54, 1.807) is 7.11 Å². The van der Waals surface area contributed by atoms with Crippen LogP contribution in [0.15, 0.2) is 36.7 Å². The lowest BCUT2D eigenvalue weighted by Gasteiger charge is -2.38. The number of fused-ring (bicyclic) bond motifs is 2. The van der Waals surface area contributed by atoms with Crippen LogP contribution >= 0.6 is 0 Å². The molecule has 2 aliphatic rings. The Labute approximate surface area is 142 Å². The molecule has 2 saturated heterocycles. The summed E-state index contributed by atoms with van der Waals surface area (Å²) in [5.41, 5.74) is 1.11. The lowest BCUT2D eigenvalue weighted by atomic mass is 9.91. The van der Waals surface area contributed by atoms with Gasteiger partial charge in [0, 0.05) is 36.8 Å². The SMILES string of the molecule is COc1ccc(-n2ccnc2CN2[C@@H]3CC[C@H]2CC(CO)C3)cc1. The first-order valence-corrected chi connectivity index (χ1v) is 8.81. The van der Waals surface area contributed by atoms with Gasteiger partial charge in [0.25, 0.3) is 0 Å². The van der Waals surface area contributed by atoms with Crippen LogP contribution in [0.2, 0.25) is 0 Å². The fourth-order valence-electron chi connectivity index (χ4n) is 4.39. The molecule has 0 amide bonds. The maximum atomic E-state index is 9.49. The average Bonchev–Trinajstić information content (AvgIpc) is 3.17. The summed E-state index contributed by atoms with van der Waals surface area (Å²) >= 11 is 0. The maximum Gasteiger partial charge on any atom is 0.127 e. The molecule has 2 aliphatic heterocycles. The third-order valence-electron chi connectivity index (χ3n) is 5.63. The molecule has 2 aromatic rings. The van der Waals surface area contributed by atoms with E-state index >= 15 is 0 Å². The van der Waals surface area contributed by atoms with E-state index in [2.05, 4.69) is 26.6 Å². The van der Waals surface area contributed by atoms with Gasteiger partial charge in [-0.15, -0.1) is 0 Å². The Bertz CT molecular complexity index is 668. The molecule has 0 radical (unpaired) electrons. The van der Waals surface area contributed by atoms with Crippen LogP contribution in [0.1, 0.15) is 31.5 Å². The van der Waals surface area contributed by atoms with E-state index in [-0.39, 0.29) is 0 Å². The highest BCUT2D eigenvalue weighted by Crippen LogP contribution is 2.39. The highest BCUT2D eigenvalue weighted by Gasteiger charge is 2.40. The van der Waals surface area contributed by atoms with Crippen molar-refractivity contribution in [1.82, 2.24) is 14.5 Å². The van der Waals surface area contributed by atoms with Gasteiger partial charge in [0.2, 0.25) is 0 Å². The molecule has 1 aromatic carbocycles. The molecule has 5 nitrogen and oxygen atoms in total. The van der Waals surface area contributed by atoms with Crippen molar-refractivity contribution in [3.8, 4) is 11.4 Å². The summed E-state index contributed by atoms with van der Waals surface area (Å²) in [7, 11) is 1.68. The first-order chi connectivity index (χ1) is 11.8. The lowest BCUT2D eigenvalue weighted by molar-refractivity contribution is 0.0661. The first-order valence-electron chi connectivity index (χ1n) is 8.81. The number of nitrogens with zero attached hydrogens (tertiary/aromatic N) is 3. The van der Waals surface area contributed by atoms with Gasteiger partial charge in [-0.25, -0.2) is 4.98 Å². The van der Waals surface area contributed by atoms with Gasteiger partial charge in [-0.3, -0.25) is 4.90 Å². The summed E-state index contributed by atoms with van der Waals surface area (Å²) in [5.74, 6) is 2.43. The number of aliphatic hydroxyl groups excluding tert-OH is 1. The largest absolute Gasteiger partial charge is 0.497 e. The summed E-state index contributed by atoms with van der Waals surface area (Å²) in [6.07, 6.45) is 8.66. The van der Waals surface area contributed by atoms with E-state index in [4.69, 9.17) is 4.74 Å². The molecule has 128 valence electrons. The second kappa shape index (κ2) is 6.57.